The van der Waals surface area contributed by atoms with Gasteiger partial charge in [0.1, 0.15) is 5.01 Å². The number of carbonyl (C=O) groups is 1. The van der Waals surface area contributed by atoms with Gasteiger partial charge in [-0.2, -0.15) is 0 Å². The molecule has 0 spiro atoms. The lowest BCUT2D eigenvalue weighted by atomic mass is 9.93. The van der Waals surface area contributed by atoms with E-state index in [2.05, 4.69) is 31.1 Å². The third kappa shape index (κ3) is 6.00. The highest BCUT2D eigenvalue weighted by Crippen LogP contribution is 2.23. The topological polar surface area (TPSA) is 68.0 Å². The number of hydrogen-bond acceptors (Lipinski definition) is 4. The van der Waals surface area contributed by atoms with E-state index in [0.29, 0.717) is 6.54 Å². The average Bonchev–Trinajstić information content (AvgIpc) is 2.61. The summed E-state index contributed by atoms with van der Waals surface area (Å²) in [4.78, 5) is 15.7. The first-order chi connectivity index (χ1) is 7.30. The fourth-order valence-electron chi connectivity index (χ4n) is 1.06. The van der Waals surface area contributed by atoms with Gasteiger partial charge in [-0.1, -0.05) is 20.8 Å². The van der Waals surface area contributed by atoms with Crippen molar-refractivity contribution in [2.75, 3.05) is 0 Å². The van der Waals surface area contributed by atoms with Gasteiger partial charge in [-0.15, -0.1) is 36.2 Å². The number of carbonyl (C=O) groups excluding carboxylic acids is 1. The molecule has 1 amide bonds. The summed E-state index contributed by atoms with van der Waals surface area (Å²) in [6, 6.07) is -0.470. The van der Waals surface area contributed by atoms with Crippen LogP contribution in [-0.2, 0) is 16.8 Å². The molecule has 3 N–H and O–H groups in total. The molecule has 0 aliphatic rings. The van der Waals surface area contributed by atoms with E-state index in [9.17, 15) is 4.79 Å². The Bertz CT molecular complexity index is 375. The minimum absolute atomic E-state index is 0. The SMILES string of the molecule is C[C@@H](N)C(=O)NCc1nc(C(C)(C)C)cs1.Cl.Cl. The highest BCUT2D eigenvalue weighted by atomic mass is 35.5. The second-order valence-corrected chi connectivity index (χ2v) is 5.83. The lowest BCUT2D eigenvalue weighted by Gasteiger charge is -2.14. The summed E-state index contributed by atoms with van der Waals surface area (Å²) in [5.74, 6) is -0.146. The van der Waals surface area contributed by atoms with Crippen molar-refractivity contribution < 1.29 is 4.79 Å². The van der Waals surface area contributed by atoms with Gasteiger partial charge < -0.3 is 11.1 Å². The van der Waals surface area contributed by atoms with Gasteiger partial charge in [-0.3, -0.25) is 4.79 Å². The molecule has 1 heterocycles. The monoisotopic (exact) mass is 313 g/mol. The van der Waals surface area contributed by atoms with Crippen molar-refractivity contribution in [1.29, 1.82) is 0 Å². The van der Waals surface area contributed by atoms with Crippen LogP contribution in [0.3, 0.4) is 0 Å². The van der Waals surface area contributed by atoms with Crippen molar-refractivity contribution in [3.05, 3.63) is 16.1 Å². The van der Waals surface area contributed by atoms with Crippen LogP contribution in [0.25, 0.3) is 0 Å². The number of thiazole rings is 1. The van der Waals surface area contributed by atoms with E-state index in [4.69, 9.17) is 5.73 Å². The summed E-state index contributed by atoms with van der Waals surface area (Å²) in [6.07, 6.45) is 0. The number of amides is 1. The average molecular weight is 314 g/mol. The Kier molecular flexibility index (Phi) is 8.81. The van der Waals surface area contributed by atoms with E-state index in [1.165, 1.54) is 0 Å². The van der Waals surface area contributed by atoms with Crippen molar-refractivity contribution in [2.45, 2.75) is 45.7 Å². The maximum Gasteiger partial charge on any atom is 0.236 e. The molecule has 0 bridgehead atoms. The van der Waals surface area contributed by atoms with E-state index >= 15 is 0 Å². The summed E-state index contributed by atoms with van der Waals surface area (Å²) in [5.41, 5.74) is 6.56. The molecule has 0 unspecified atom stereocenters. The number of rotatable bonds is 3. The molecular formula is C11H21Cl2N3OS. The van der Waals surface area contributed by atoms with Crippen LogP contribution in [0.1, 0.15) is 38.4 Å². The summed E-state index contributed by atoms with van der Waals surface area (Å²) < 4.78 is 0. The largest absolute Gasteiger partial charge is 0.348 e. The zero-order valence-electron chi connectivity index (χ0n) is 11.0. The predicted molar refractivity (Wildman–Crippen MR) is 80.8 cm³/mol. The number of nitrogens with zero attached hydrogens (tertiary/aromatic N) is 1. The summed E-state index contributed by atoms with van der Waals surface area (Å²) in [7, 11) is 0. The van der Waals surface area contributed by atoms with Crippen molar-refractivity contribution in [1.82, 2.24) is 10.3 Å². The second kappa shape index (κ2) is 7.94. The molecule has 7 heteroatoms. The van der Waals surface area contributed by atoms with Crippen molar-refractivity contribution in [3.8, 4) is 0 Å². The number of nitrogens with two attached hydrogens (primary N) is 1. The van der Waals surface area contributed by atoms with Crippen LogP contribution in [0.15, 0.2) is 5.38 Å². The van der Waals surface area contributed by atoms with Crippen molar-refractivity contribution >= 4 is 42.1 Å². The molecule has 1 aromatic rings. The Morgan fingerprint density at radius 3 is 2.44 bits per heavy atom. The quantitative estimate of drug-likeness (QED) is 0.899. The van der Waals surface area contributed by atoms with E-state index in [-0.39, 0.29) is 36.1 Å². The first-order valence-electron chi connectivity index (χ1n) is 5.29. The third-order valence-corrected chi connectivity index (χ3v) is 3.00. The lowest BCUT2D eigenvalue weighted by molar-refractivity contribution is -0.122. The third-order valence-electron chi connectivity index (χ3n) is 2.15. The maximum absolute atomic E-state index is 11.3. The fourth-order valence-corrected chi connectivity index (χ4v) is 2.02. The molecule has 1 aromatic heterocycles. The molecule has 1 atom stereocenters. The molecule has 1 rings (SSSR count). The Labute approximate surface area is 125 Å². The maximum atomic E-state index is 11.3. The molecular weight excluding hydrogens is 293 g/mol. The van der Waals surface area contributed by atoms with Gasteiger partial charge in [0.05, 0.1) is 18.3 Å². The summed E-state index contributed by atoms with van der Waals surface area (Å²) in [6.45, 7) is 8.48. The van der Waals surface area contributed by atoms with E-state index < -0.39 is 6.04 Å². The van der Waals surface area contributed by atoms with E-state index in [1.807, 2.05) is 5.38 Å². The standard InChI is InChI=1S/C11H19N3OS.2ClH/c1-7(12)10(15)13-5-9-14-8(6-16-9)11(2,3)4;;/h6-7H,5,12H2,1-4H3,(H,13,15);2*1H/t7-;;/m1../s1. The first-order valence-corrected chi connectivity index (χ1v) is 6.17. The minimum Gasteiger partial charge on any atom is -0.348 e. The van der Waals surface area contributed by atoms with Gasteiger partial charge in [0.2, 0.25) is 5.91 Å². The molecule has 18 heavy (non-hydrogen) atoms. The molecule has 0 fully saturated rings. The van der Waals surface area contributed by atoms with Crippen LogP contribution in [0.4, 0.5) is 0 Å². The van der Waals surface area contributed by atoms with E-state index in [0.717, 1.165) is 10.7 Å². The number of hydrogen-bond donors (Lipinski definition) is 2. The summed E-state index contributed by atoms with van der Waals surface area (Å²) in [5, 5.41) is 5.70. The fraction of sp³-hybridized carbons (Fsp3) is 0.636. The predicted octanol–water partition coefficient (Wildman–Crippen LogP) is 2.25. The molecule has 0 saturated carbocycles. The smallest absolute Gasteiger partial charge is 0.236 e. The van der Waals surface area contributed by atoms with Crippen LogP contribution >= 0.6 is 36.2 Å². The molecule has 106 valence electrons. The summed E-state index contributed by atoms with van der Waals surface area (Å²) >= 11 is 1.56. The molecule has 0 aromatic carbocycles. The van der Waals surface area contributed by atoms with E-state index in [1.54, 1.807) is 18.3 Å². The Hall–Kier alpha value is -0.360. The second-order valence-electron chi connectivity index (χ2n) is 4.88. The van der Waals surface area contributed by atoms with Gasteiger partial charge in [-0.05, 0) is 6.92 Å². The Morgan fingerprint density at radius 2 is 2.06 bits per heavy atom. The van der Waals surface area contributed by atoms with Gasteiger partial charge in [0.15, 0.2) is 0 Å². The number of aromatic nitrogens is 1. The zero-order valence-corrected chi connectivity index (χ0v) is 13.5. The van der Waals surface area contributed by atoms with Gasteiger partial charge in [-0.25, -0.2) is 4.98 Å². The molecule has 0 aliphatic heterocycles. The van der Waals surface area contributed by atoms with Crippen LogP contribution in [0.5, 0.6) is 0 Å². The minimum atomic E-state index is -0.470. The van der Waals surface area contributed by atoms with Gasteiger partial charge in [0, 0.05) is 10.8 Å². The number of halogens is 2. The lowest BCUT2D eigenvalue weighted by Crippen LogP contribution is -2.37. The normalized spacial score (nSPS) is 12.1. The first kappa shape index (κ1) is 20.0. The Balaban J connectivity index is 0. The molecule has 0 saturated heterocycles. The highest BCUT2D eigenvalue weighted by molar-refractivity contribution is 7.09. The van der Waals surface area contributed by atoms with Crippen molar-refractivity contribution in [2.24, 2.45) is 5.73 Å². The van der Waals surface area contributed by atoms with Crippen LogP contribution in [0.2, 0.25) is 0 Å². The molecule has 0 aliphatic carbocycles. The van der Waals surface area contributed by atoms with Crippen LogP contribution in [-0.4, -0.2) is 16.9 Å². The van der Waals surface area contributed by atoms with Crippen LogP contribution < -0.4 is 11.1 Å². The van der Waals surface area contributed by atoms with Crippen molar-refractivity contribution in [3.63, 3.8) is 0 Å². The molecule has 4 nitrogen and oxygen atoms in total. The van der Waals surface area contributed by atoms with Crippen LogP contribution in [0, 0.1) is 0 Å². The van der Waals surface area contributed by atoms with Gasteiger partial charge >= 0.3 is 0 Å². The van der Waals surface area contributed by atoms with Gasteiger partial charge in [0.25, 0.3) is 0 Å². The highest BCUT2D eigenvalue weighted by Gasteiger charge is 2.17. The molecule has 0 radical (unpaired) electrons. The zero-order chi connectivity index (χ0) is 12.3. The number of nitrogens with one attached hydrogen (secondary N) is 1. The Morgan fingerprint density at radius 1 is 1.50 bits per heavy atom.